The van der Waals surface area contributed by atoms with Gasteiger partial charge in [0.25, 0.3) is 5.91 Å². The van der Waals surface area contributed by atoms with Gasteiger partial charge in [-0.2, -0.15) is 0 Å². The first-order valence-electron chi connectivity index (χ1n) is 10.6. The zero-order valence-electron chi connectivity index (χ0n) is 18.6. The minimum absolute atomic E-state index is 0.195. The standard InChI is InChI=1S/C23H28F2N4O5/c1-14(28-23(33)20(30)16-11-17(24)13-18(25)12-16)21(31)29-19(15-5-3-2-4-6-15)22(32)27-8-10-34-9-7-26/h2-6,11-14,19-20,30H,7-10,26H2,1H3,(H,27,32)(H,28,33)(H,29,31)/t14-,19?,20?/m0/s1. The summed E-state index contributed by atoms with van der Waals surface area (Å²) < 4.78 is 32.0. The maximum Gasteiger partial charge on any atom is 0.254 e. The molecule has 0 radical (unpaired) electrons. The fourth-order valence-corrected chi connectivity index (χ4v) is 2.99. The van der Waals surface area contributed by atoms with Crippen LogP contribution < -0.4 is 21.7 Å². The molecule has 2 aromatic carbocycles. The van der Waals surface area contributed by atoms with Gasteiger partial charge < -0.3 is 31.5 Å². The van der Waals surface area contributed by atoms with Crippen LogP contribution in [0.3, 0.4) is 0 Å². The van der Waals surface area contributed by atoms with Crippen LogP contribution >= 0.6 is 0 Å². The number of hydrogen-bond acceptors (Lipinski definition) is 6. The first-order chi connectivity index (χ1) is 16.2. The van der Waals surface area contributed by atoms with Gasteiger partial charge in [-0.25, -0.2) is 8.78 Å². The van der Waals surface area contributed by atoms with E-state index in [1.165, 1.54) is 6.92 Å². The van der Waals surface area contributed by atoms with Crippen molar-refractivity contribution in [1.29, 1.82) is 0 Å². The van der Waals surface area contributed by atoms with Gasteiger partial charge in [-0.05, 0) is 30.2 Å². The maximum absolute atomic E-state index is 13.4. The van der Waals surface area contributed by atoms with Crippen molar-refractivity contribution in [2.75, 3.05) is 26.3 Å². The lowest BCUT2D eigenvalue weighted by molar-refractivity contribution is -0.135. The molecule has 184 valence electrons. The van der Waals surface area contributed by atoms with Crippen LogP contribution in [0.25, 0.3) is 0 Å². The number of benzene rings is 2. The largest absolute Gasteiger partial charge is 0.378 e. The van der Waals surface area contributed by atoms with E-state index in [4.69, 9.17) is 10.5 Å². The highest BCUT2D eigenvalue weighted by Gasteiger charge is 2.27. The summed E-state index contributed by atoms with van der Waals surface area (Å²) in [7, 11) is 0. The number of carbonyl (C=O) groups excluding carboxylic acids is 3. The van der Waals surface area contributed by atoms with E-state index >= 15 is 0 Å². The van der Waals surface area contributed by atoms with Gasteiger partial charge in [-0.3, -0.25) is 14.4 Å². The molecule has 9 nitrogen and oxygen atoms in total. The quantitative estimate of drug-likeness (QED) is 0.281. The van der Waals surface area contributed by atoms with Crippen molar-refractivity contribution in [3.8, 4) is 0 Å². The van der Waals surface area contributed by atoms with Gasteiger partial charge in [-0.1, -0.05) is 30.3 Å². The topological polar surface area (TPSA) is 143 Å². The Bertz CT molecular complexity index is 957. The summed E-state index contributed by atoms with van der Waals surface area (Å²) in [6.45, 7) is 2.47. The van der Waals surface area contributed by atoms with Crippen molar-refractivity contribution < 1.29 is 33.0 Å². The number of hydrogen-bond donors (Lipinski definition) is 5. The number of nitrogens with two attached hydrogens (primary N) is 1. The smallest absolute Gasteiger partial charge is 0.254 e. The molecule has 0 aliphatic rings. The van der Waals surface area contributed by atoms with Crippen LogP contribution in [-0.2, 0) is 19.1 Å². The highest BCUT2D eigenvalue weighted by Crippen LogP contribution is 2.17. The van der Waals surface area contributed by atoms with E-state index < -0.39 is 47.5 Å². The number of aliphatic hydroxyl groups is 1. The Hall–Kier alpha value is -3.41. The third kappa shape index (κ3) is 8.18. The van der Waals surface area contributed by atoms with Crippen molar-refractivity contribution >= 4 is 17.7 Å². The number of halogens is 2. The summed E-state index contributed by atoms with van der Waals surface area (Å²) in [6.07, 6.45) is -1.90. The average molecular weight is 478 g/mol. The number of ether oxygens (including phenoxy) is 1. The molecule has 2 rings (SSSR count). The first kappa shape index (κ1) is 26.8. The fourth-order valence-electron chi connectivity index (χ4n) is 2.99. The Labute approximate surface area is 195 Å². The Morgan fingerprint density at radius 3 is 2.21 bits per heavy atom. The van der Waals surface area contributed by atoms with Gasteiger partial charge in [0.1, 0.15) is 23.7 Å². The van der Waals surface area contributed by atoms with Crippen molar-refractivity contribution in [2.24, 2.45) is 5.73 Å². The van der Waals surface area contributed by atoms with Crippen molar-refractivity contribution in [3.05, 3.63) is 71.3 Å². The van der Waals surface area contributed by atoms with Gasteiger partial charge in [0.15, 0.2) is 6.10 Å². The van der Waals surface area contributed by atoms with E-state index in [9.17, 15) is 28.3 Å². The second kappa shape index (κ2) is 13.3. The highest BCUT2D eigenvalue weighted by molar-refractivity contribution is 5.93. The Morgan fingerprint density at radius 1 is 0.941 bits per heavy atom. The molecule has 0 saturated heterocycles. The van der Waals surface area contributed by atoms with Crippen molar-refractivity contribution in [3.63, 3.8) is 0 Å². The summed E-state index contributed by atoms with van der Waals surface area (Å²) in [5, 5.41) is 17.6. The summed E-state index contributed by atoms with van der Waals surface area (Å²) in [4.78, 5) is 37.7. The lowest BCUT2D eigenvalue weighted by atomic mass is 10.1. The van der Waals surface area contributed by atoms with Crippen LogP contribution in [0.15, 0.2) is 48.5 Å². The van der Waals surface area contributed by atoms with Crippen LogP contribution in [0.5, 0.6) is 0 Å². The molecule has 0 aliphatic carbocycles. The molecule has 0 heterocycles. The predicted octanol–water partition coefficient (Wildman–Crippen LogP) is 0.452. The third-order valence-electron chi connectivity index (χ3n) is 4.69. The normalized spacial score (nSPS) is 13.4. The number of amides is 3. The molecular weight excluding hydrogens is 450 g/mol. The van der Waals surface area contributed by atoms with E-state index in [-0.39, 0.29) is 18.7 Å². The molecule has 3 atom stereocenters. The van der Waals surface area contributed by atoms with E-state index in [0.717, 1.165) is 12.1 Å². The van der Waals surface area contributed by atoms with Crippen LogP contribution in [0, 0.1) is 11.6 Å². The number of carbonyl (C=O) groups is 3. The molecule has 6 N–H and O–H groups in total. The minimum Gasteiger partial charge on any atom is -0.378 e. The first-order valence-corrected chi connectivity index (χ1v) is 10.6. The van der Waals surface area contributed by atoms with Gasteiger partial charge in [0, 0.05) is 19.2 Å². The van der Waals surface area contributed by atoms with Crippen LogP contribution in [0.2, 0.25) is 0 Å². The van der Waals surface area contributed by atoms with E-state index in [0.29, 0.717) is 24.8 Å². The van der Waals surface area contributed by atoms with Gasteiger partial charge in [0.2, 0.25) is 11.8 Å². The van der Waals surface area contributed by atoms with E-state index in [1.807, 2.05) is 0 Å². The van der Waals surface area contributed by atoms with Crippen LogP contribution in [0.1, 0.15) is 30.2 Å². The second-order valence-corrected chi connectivity index (χ2v) is 7.38. The highest BCUT2D eigenvalue weighted by atomic mass is 19.1. The molecule has 11 heteroatoms. The van der Waals surface area contributed by atoms with Gasteiger partial charge in [-0.15, -0.1) is 0 Å². The maximum atomic E-state index is 13.4. The number of aliphatic hydroxyl groups excluding tert-OH is 1. The molecule has 2 aromatic rings. The predicted molar refractivity (Wildman–Crippen MR) is 119 cm³/mol. The molecule has 0 aromatic heterocycles. The summed E-state index contributed by atoms with van der Waals surface area (Å²) in [6, 6.07) is 8.44. The van der Waals surface area contributed by atoms with Gasteiger partial charge in [0.05, 0.1) is 13.2 Å². The number of nitrogens with one attached hydrogen (secondary N) is 3. The fraction of sp³-hybridized carbons (Fsp3) is 0.348. The van der Waals surface area contributed by atoms with E-state index in [1.54, 1.807) is 30.3 Å². The SMILES string of the molecule is C[C@H](NC(=O)C(O)c1cc(F)cc(F)c1)C(=O)NC(C(=O)NCCOCCN)c1ccccc1. The van der Waals surface area contributed by atoms with Gasteiger partial charge >= 0.3 is 0 Å². The number of rotatable bonds is 12. The molecule has 2 unspecified atom stereocenters. The zero-order valence-corrected chi connectivity index (χ0v) is 18.6. The molecule has 0 spiro atoms. The zero-order chi connectivity index (χ0) is 25.1. The Balaban J connectivity index is 2.02. The van der Waals surface area contributed by atoms with Crippen LogP contribution in [-0.4, -0.2) is 55.2 Å². The molecule has 0 fully saturated rings. The summed E-state index contributed by atoms with van der Waals surface area (Å²) >= 11 is 0. The summed E-state index contributed by atoms with van der Waals surface area (Å²) in [5.74, 6) is -4.17. The third-order valence-corrected chi connectivity index (χ3v) is 4.69. The second-order valence-electron chi connectivity index (χ2n) is 7.38. The molecule has 0 bridgehead atoms. The molecule has 0 saturated carbocycles. The Kier molecular flexibility index (Phi) is 10.5. The Morgan fingerprint density at radius 2 is 1.59 bits per heavy atom. The molecule has 34 heavy (non-hydrogen) atoms. The summed E-state index contributed by atoms with van der Waals surface area (Å²) in [5.41, 5.74) is 5.54. The monoisotopic (exact) mass is 478 g/mol. The average Bonchev–Trinajstić information content (AvgIpc) is 2.81. The molecule has 0 aliphatic heterocycles. The van der Waals surface area contributed by atoms with Crippen molar-refractivity contribution in [2.45, 2.75) is 25.1 Å². The van der Waals surface area contributed by atoms with E-state index in [2.05, 4.69) is 16.0 Å². The van der Waals surface area contributed by atoms with Crippen molar-refractivity contribution in [1.82, 2.24) is 16.0 Å². The lowest BCUT2D eigenvalue weighted by Gasteiger charge is -2.22. The van der Waals surface area contributed by atoms with Crippen LogP contribution in [0.4, 0.5) is 8.78 Å². The minimum atomic E-state index is -1.90. The molecule has 3 amide bonds. The lowest BCUT2D eigenvalue weighted by Crippen LogP contribution is -2.50. The molecular formula is C23H28F2N4O5.